The van der Waals surface area contributed by atoms with E-state index in [0.717, 1.165) is 12.8 Å². The third-order valence-corrected chi connectivity index (χ3v) is 2.51. The molecular formula is C15H25NO. The van der Waals surface area contributed by atoms with Crippen LogP contribution in [-0.4, -0.2) is 11.6 Å². The van der Waals surface area contributed by atoms with Gasteiger partial charge in [0.25, 0.3) is 0 Å². The minimum Gasteiger partial charge on any atom is -0.296 e. The van der Waals surface area contributed by atoms with Crippen LogP contribution >= 0.6 is 0 Å². The van der Waals surface area contributed by atoms with Gasteiger partial charge in [0, 0.05) is 6.04 Å². The van der Waals surface area contributed by atoms with E-state index in [0.29, 0.717) is 6.04 Å². The first-order chi connectivity index (χ1) is 7.87. The highest BCUT2D eigenvalue weighted by atomic mass is 16.7. The number of hydrogen-bond donors (Lipinski definition) is 1. The highest BCUT2D eigenvalue weighted by Gasteiger charge is 2.12. The highest BCUT2D eigenvalue weighted by molar-refractivity contribution is 5.22. The van der Waals surface area contributed by atoms with Crippen molar-refractivity contribution in [2.75, 3.05) is 0 Å². The number of hydrogen-bond acceptors (Lipinski definition) is 2. The van der Waals surface area contributed by atoms with Crippen molar-refractivity contribution in [2.24, 2.45) is 0 Å². The summed E-state index contributed by atoms with van der Waals surface area (Å²) in [5, 5.41) is 0. The second-order valence-electron chi connectivity index (χ2n) is 5.76. The third kappa shape index (κ3) is 6.44. The Morgan fingerprint density at radius 2 is 2.00 bits per heavy atom. The number of rotatable bonds is 5. The molecule has 0 saturated carbocycles. The molecule has 2 heteroatoms. The fourth-order valence-electron chi connectivity index (χ4n) is 1.59. The predicted octanol–water partition coefficient (Wildman–Crippen LogP) is 3.64. The molecule has 0 heterocycles. The second kappa shape index (κ2) is 6.18. The maximum absolute atomic E-state index is 5.55. The van der Waals surface area contributed by atoms with E-state index in [-0.39, 0.29) is 5.60 Å². The fraction of sp³-hybridized carbons (Fsp3) is 0.600. The van der Waals surface area contributed by atoms with Gasteiger partial charge in [-0.3, -0.25) is 4.84 Å². The van der Waals surface area contributed by atoms with Crippen LogP contribution in [0.3, 0.4) is 0 Å². The van der Waals surface area contributed by atoms with Crippen LogP contribution in [0.1, 0.15) is 45.2 Å². The molecule has 1 aromatic carbocycles. The number of benzene rings is 1. The lowest BCUT2D eigenvalue weighted by molar-refractivity contribution is -0.0867. The zero-order valence-corrected chi connectivity index (χ0v) is 11.7. The van der Waals surface area contributed by atoms with Crippen molar-refractivity contribution in [3.05, 3.63) is 35.4 Å². The van der Waals surface area contributed by atoms with E-state index < -0.39 is 0 Å². The first-order valence-electron chi connectivity index (χ1n) is 6.36. The predicted molar refractivity (Wildman–Crippen MR) is 72.9 cm³/mol. The molecule has 0 spiro atoms. The van der Waals surface area contributed by atoms with Gasteiger partial charge in [0.05, 0.1) is 5.60 Å². The van der Waals surface area contributed by atoms with E-state index >= 15 is 0 Å². The molecule has 1 unspecified atom stereocenters. The van der Waals surface area contributed by atoms with Crippen molar-refractivity contribution in [1.29, 1.82) is 0 Å². The number of hydroxylamine groups is 1. The summed E-state index contributed by atoms with van der Waals surface area (Å²) >= 11 is 0. The Balaban J connectivity index is 2.31. The zero-order chi connectivity index (χ0) is 12.9. The number of aryl methyl sites for hydroxylation is 2. The topological polar surface area (TPSA) is 21.3 Å². The van der Waals surface area contributed by atoms with Gasteiger partial charge in [0.2, 0.25) is 0 Å². The van der Waals surface area contributed by atoms with Gasteiger partial charge in [0.1, 0.15) is 0 Å². The summed E-state index contributed by atoms with van der Waals surface area (Å²) in [5.41, 5.74) is 5.71. The smallest absolute Gasteiger partial charge is 0.0813 e. The third-order valence-electron chi connectivity index (χ3n) is 2.51. The van der Waals surface area contributed by atoms with Gasteiger partial charge in [-0.1, -0.05) is 29.8 Å². The standard InChI is InChI=1S/C15H25NO/c1-12-7-6-8-14(11-12)10-9-13(2)16-17-15(3,4)5/h6-8,11,13,16H,9-10H2,1-5H3. The Kier molecular flexibility index (Phi) is 5.16. The number of nitrogens with one attached hydrogen (secondary N) is 1. The maximum Gasteiger partial charge on any atom is 0.0813 e. The normalized spacial score (nSPS) is 13.7. The van der Waals surface area contributed by atoms with Gasteiger partial charge in [-0.25, -0.2) is 0 Å². The molecule has 0 saturated heterocycles. The van der Waals surface area contributed by atoms with Crippen LogP contribution in [0.2, 0.25) is 0 Å². The molecule has 2 nitrogen and oxygen atoms in total. The molecule has 0 bridgehead atoms. The molecule has 0 amide bonds. The lowest BCUT2D eigenvalue weighted by Crippen LogP contribution is -2.35. The monoisotopic (exact) mass is 235 g/mol. The molecular weight excluding hydrogens is 210 g/mol. The summed E-state index contributed by atoms with van der Waals surface area (Å²) < 4.78 is 0. The molecule has 0 aliphatic heterocycles. The molecule has 17 heavy (non-hydrogen) atoms. The van der Waals surface area contributed by atoms with Gasteiger partial charge >= 0.3 is 0 Å². The van der Waals surface area contributed by atoms with Crippen LogP contribution in [0.25, 0.3) is 0 Å². The largest absolute Gasteiger partial charge is 0.296 e. The molecule has 0 radical (unpaired) electrons. The van der Waals surface area contributed by atoms with Gasteiger partial charge < -0.3 is 0 Å². The minimum absolute atomic E-state index is 0.127. The molecule has 0 aliphatic rings. The summed E-state index contributed by atoms with van der Waals surface area (Å²) in [6, 6.07) is 9.05. The summed E-state index contributed by atoms with van der Waals surface area (Å²) in [7, 11) is 0. The van der Waals surface area contributed by atoms with Crippen molar-refractivity contribution in [2.45, 2.75) is 59.1 Å². The van der Waals surface area contributed by atoms with Crippen molar-refractivity contribution in [1.82, 2.24) is 5.48 Å². The van der Waals surface area contributed by atoms with Crippen LogP contribution in [0.15, 0.2) is 24.3 Å². The SMILES string of the molecule is Cc1cccc(CCC(C)NOC(C)(C)C)c1. The van der Waals surface area contributed by atoms with E-state index in [1.54, 1.807) is 0 Å². The summed E-state index contributed by atoms with van der Waals surface area (Å²) in [6.07, 6.45) is 2.17. The van der Waals surface area contributed by atoms with Gasteiger partial charge in [-0.2, -0.15) is 5.48 Å². The quantitative estimate of drug-likeness (QED) is 0.787. The molecule has 0 aromatic heterocycles. The Labute approximate surface area is 105 Å². The van der Waals surface area contributed by atoms with Crippen molar-refractivity contribution in [3.63, 3.8) is 0 Å². The van der Waals surface area contributed by atoms with Crippen LogP contribution in [0.5, 0.6) is 0 Å². The summed E-state index contributed by atoms with van der Waals surface area (Å²) in [5.74, 6) is 0. The average Bonchev–Trinajstić information content (AvgIpc) is 2.23. The average molecular weight is 235 g/mol. The molecule has 1 rings (SSSR count). The van der Waals surface area contributed by atoms with Gasteiger partial charge in [0.15, 0.2) is 0 Å². The minimum atomic E-state index is -0.127. The highest BCUT2D eigenvalue weighted by Crippen LogP contribution is 2.09. The van der Waals surface area contributed by atoms with E-state index in [9.17, 15) is 0 Å². The lowest BCUT2D eigenvalue weighted by atomic mass is 10.0. The van der Waals surface area contributed by atoms with E-state index in [4.69, 9.17) is 4.84 Å². The van der Waals surface area contributed by atoms with Gasteiger partial charge in [-0.05, 0) is 53.0 Å². The summed E-state index contributed by atoms with van der Waals surface area (Å²) in [6.45, 7) is 10.4. The second-order valence-corrected chi connectivity index (χ2v) is 5.76. The zero-order valence-electron chi connectivity index (χ0n) is 11.7. The Morgan fingerprint density at radius 1 is 1.29 bits per heavy atom. The van der Waals surface area contributed by atoms with Crippen LogP contribution < -0.4 is 5.48 Å². The van der Waals surface area contributed by atoms with Crippen molar-refractivity contribution < 1.29 is 4.84 Å². The fourth-order valence-corrected chi connectivity index (χ4v) is 1.59. The van der Waals surface area contributed by atoms with Crippen LogP contribution in [0, 0.1) is 6.92 Å². The molecule has 1 aromatic rings. The first kappa shape index (κ1) is 14.2. The van der Waals surface area contributed by atoms with E-state index in [1.807, 2.05) is 20.8 Å². The van der Waals surface area contributed by atoms with Crippen molar-refractivity contribution >= 4 is 0 Å². The van der Waals surface area contributed by atoms with Crippen LogP contribution in [0.4, 0.5) is 0 Å². The molecule has 1 atom stereocenters. The van der Waals surface area contributed by atoms with Crippen molar-refractivity contribution in [3.8, 4) is 0 Å². The van der Waals surface area contributed by atoms with Gasteiger partial charge in [-0.15, -0.1) is 0 Å². The van der Waals surface area contributed by atoms with E-state index in [1.165, 1.54) is 11.1 Å². The lowest BCUT2D eigenvalue weighted by Gasteiger charge is -2.23. The Morgan fingerprint density at radius 3 is 2.59 bits per heavy atom. The summed E-state index contributed by atoms with van der Waals surface area (Å²) in [4.78, 5) is 5.55. The molecule has 1 N–H and O–H groups in total. The Hall–Kier alpha value is -0.860. The first-order valence-corrected chi connectivity index (χ1v) is 6.36. The van der Waals surface area contributed by atoms with E-state index in [2.05, 4.69) is 43.6 Å². The Bertz CT molecular complexity index is 341. The van der Waals surface area contributed by atoms with Crippen LogP contribution in [-0.2, 0) is 11.3 Å². The molecule has 0 aliphatic carbocycles. The molecule has 0 fully saturated rings. The maximum atomic E-state index is 5.55. The molecule has 96 valence electrons.